The lowest BCUT2D eigenvalue weighted by atomic mass is 10.1. The zero-order chi connectivity index (χ0) is 14.7. The highest BCUT2D eigenvalue weighted by Crippen LogP contribution is 2.42. The molecule has 0 N–H and O–H groups in total. The summed E-state index contributed by atoms with van der Waals surface area (Å²) < 4.78 is 0. The quantitative estimate of drug-likeness (QED) is 0.618. The molecule has 2 heterocycles. The minimum atomic E-state index is 0.174. The van der Waals surface area contributed by atoms with Crippen LogP contribution in [0.25, 0.3) is 5.70 Å². The number of anilines is 1. The minimum absolute atomic E-state index is 0.174. The van der Waals surface area contributed by atoms with E-state index in [-0.39, 0.29) is 5.28 Å². The molecular weight excluding hydrogens is 304 g/mol. The van der Waals surface area contributed by atoms with E-state index in [1.807, 2.05) is 40.6 Å². The molecule has 0 radical (unpaired) electrons. The first kappa shape index (κ1) is 13.7. The molecule has 1 aliphatic rings. The van der Waals surface area contributed by atoms with E-state index < -0.39 is 0 Å². The highest BCUT2D eigenvalue weighted by molar-refractivity contribution is 8.06. The first-order valence-corrected chi connectivity index (χ1v) is 7.36. The van der Waals surface area contributed by atoms with Crippen molar-refractivity contribution in [1.82, 2.24) is 9.97 Å². The van der Waals surface area contributed by atoms with Crippen LogP contribution in [0.15, 0.2) is 59.1 Å². The summed E-state index contributed by atoms with van der Waals surface area (Å²) in [6.45, 7) is 0. The summed E-state index contributed by atoms with van der Waals surface area (Å²) in [5.74, 6) is 0.636. The van der Waals surface area contributed by atoms with Gasteiger partial charge in [-0.3, -0.25) is 4.90 Å². The molecule has 6 heteroatoms. The predicted octanol–water partition coefficient (Wildman–Crippen LogP) is 4.05. The first-order valence-electron chi connectivity index (χ1n) is 6.10. The van der Waals surface area contributed by atoms with Crippen molar-refractivity contribution in [2.45, 2.75) is 0 Å². The van der Waals surface area contributed by atoms with Gasteiger partial charge in [-0.15, -0.1) is 0 Å². The summed E-state index contributed by atoms with van der Waals surface area (Å²) in [6.07, 6.45) is 3.09. The maximum Gasteiger partial charge on any atom is 0.224 e. The molecule has 0 spiro atoms. The average Bonchev–Trinajstić information content (AvgIpc) is 2.92. The van der Waals surface area contributed by atoms with Gasteiger partial charge in [0.15, 0.2) is 0 Å². The Kier molecular flexibility index (Phi) is 3.91. The molecule has 1 aliphatic heterocycles. The molecule has 0 atom stereocenters. The van der Waals surface area contributed by atoms with Gasteiger partial charge in [-0.1, -0.05) is 42.1 Å². The van der Waals surface area contributed by atoms with Crippen LogP contribution in [-0.4, -0.2) is 9.97 Å². The summed E-state index contributed by atoms with van der Waals surface area (Å²) >= 11 is 7.36. The van der Waals surface area contributed by atoms with Gasteiger partial charge in [-0.05, 0) is 23.2 Å². The van der Waals surface area contributed by atoms with Crippen molar-refractivity contribution in [3.63, 3.8) is 0 Å². The van der Waals surface area contributed by atoms with Crippen LogP contribution in [0, 0.1) is 11.3 Å². The third-order valence-corrected chi connectivity index (χ3v) is 3.92. The molecule has 1 aromatic heterocycles. The molecule has 0 bridgehead atoms. The molecule has 0 amide bonds. The Bertz CT molecular complexity index is 765. The van der Waals surface area contributed by atoms with Crippen molar-refractivity contribution < 1.29 is 0 Å². The number of nitrogens with zero attached hydrogens (tertiary/aromatic N) is 4. The summed E-state index contributed by atoms with van der Waals surface area (Å²) in [6, 6.07) is 13.8. The maximum atomic E-state index is 8.95. The second-order valence-corrected chi connectivity index (χ2v) is 5.35. The SMILES string of the molecule is N#CC=C1SC=C(c2ccccc2)N1c1ccnc(Cl)n1. The van der Waals surface area contributed by atoms with Gasteiger partial charge in [0.1, 0.15) is 5.82 Å². The number of hydrogen-bond donors (Lipinski definition) is 0. The second kappa shape index (κ2) is 6.00. The van der Waals surface area contributed by atoms with E-state index in [0.717, 1.165) is 16.3 Å². The molecule has 0 aliphatic carbocycles. The van der Waals surface area contributed by atoms with Crippen molar-refractivity contribution in [3.8, 4) is 6.07 Å². The van der Waals surface area contributed by atoms with Gasteiger partial charge in [0.2, 0.25) is 5.28 Å². The van der Waals surface area contributed by atoms with E-state index in [9.17, 15) is 0 Å². The van der Waals surface area contributed by atoms with Crippen molar-refractivity contribution in [3.05, 3.63) is 70.0 Å². The third kappa shape index (κ3) is 2.77. The molecule has 4 nitrogen and oxygen atoms in total. The van der Waals surface area contributed by atoms with Gasteiger partial charge in [-0.25, -0.2) is 4.98 Å². The minimum Gasteiger partial charge on any atom is -0.287 e. The number of hydrogen-bond acceptors (Lipinski definition) is 5. The van der Waals surface area contributed by atoms with Crippen molar-refractivity contribution >= 4 is 34.9 Å². The number of nitriles is 1. The van der Waals surface area contributed by atoms with Crippen molar-refractivity contribution in [1.29, 1.82) is 5.26 Å². The number of allylic oxidation sites excluding steroid dienone is 1. The molecule has 0 saturated heterocycles. The van der Waals surface area contributed by atoms with Crippen molar-refractivity contribution in [2.24, 2.45) is 0 Å². The molecule has 21 heavy (non-hydrogen) atoms. The Balaban J connectivity index is 2.09. The van der Waals surface area contributed by atoms with Crippen LogP contribution in [0.4, 0.5) is 5.82 Å². The van der Waals surface area contributed by atoms with E-state index in [1.54, 1.807) is 12.3 Å². The van der Waals surface area contributed by atoms with Gasteiger partial charge in [-0.2, -0.15) is 10.2 Å². The van der Waals surface area contributed by atoms with E-state index in [1.165, 1.54) is 17.8 Å². The lowest BCUT2D eigenvalue weighted by Gasteiger charge is -2.22. The lowest BCUT2D eigenvalue weighted by molar-refractivity contribution is 1.11. The van der Waals surface area contributed by atoms with Crippen LogP contribution >= 0.6 is 23.4 Å². The fraction of sp³-hybridized carbons (Fsp3) is 0. The summed E-state index contributed by atoms with van der Waals surface area (Å²) in [5.41, 5.74) is 2.00. The van der Waals surface area contributed by atoms with E-state index in [0.29, 0.717) is 5.82 Å². The molecule has 3 rings (SSSR count). The first-order chi connectivity index (χ1) is 10.3. The Hall–Kier alpha value is -2.29. The van der Waals surface area contributed by atoms with Crippen LogP contribution in [0.5, 0.6) is 0 Å². The van der Waals surface area contributed by atoms with Gasteiger partial charge < -0.3 is 0 Å². The number of aromatic nitrogens is 2. The smallest absolute Gasteiger partial charge is 0.224 e. The van der Waals surface area contributed by atoms with Crippen LogP contribution in [-0.2, 0) is 0 Å². The largest absolute Gasteiger partial charge is 0.287 e. The normalized spacial score (nSPS) is 15.9. The van der Waals surface area contributed by atoms with E-state index in [2.05, 4.69) is 16.0 Å². The van der Waals surface area contributed by atoms with E-state index in [4.69, 9.17) is 16.9 Å². The van der Waals surface area contributed by atoms with Gasteiger partial charge in [0, 0.05) is 17.7 Å². The summed E-state index contributed by atoms with van der Waals surface area (Å²) in [5, 5.41) is 11.9. The zero-order valence-electron chi connectivity index (χ0n) is 10.8. The lowest BCUT2D eigenvalue weighted by Crippen LogP contribution is -2.17. The fourth-order valence-electron chi connectivity index (χ4n) is 1.99. The fourth-order valence-corrected chi connectivity index (χ4v) is 3.02. The Labute approximate surface area is 131 Å². The molecule has 1 aromatic carbocycles. The molecule has 0 saturated carbocycles. The second-order valence-electron chi connectivity index (χ2n) is 4.12. The van der Waals surface area contributed by atoms with Crippen molar-refractivity contribution in [2.75, 3.05) is 4.90 Å². The standard InChI is InChI=1S/C15H9ClN4S/c16-15-18-9-7-13(19-15)20-12(10-21-14(20)6-8-17)11-4-2-1-3-5-11/h1-7,9-10H. The molecule has 2 aromatic rings. The topological polar surface area (TPSA) is 52.8 Å². The van der Waals surface area contributed by atoms with Crippen LogP contribution in [0.1, 0.15) is 5.56 Å². The molecule has 0 fully saturated rings. The highest BCUT2D eigenvalue weighted by atomic mass is 35.5. The van der Waals surface area contributed by atoms with Gasteiger partial charge in [0.25, 0.3) is 0 Å². The Morgan fingerprint density at radius 3 is 2.76 bits per heavy atom. The maximum absolute atomic E-state index is 8.95. The highest BCUT2D eigenvalue weighted by Gasteiger charge is 2.25. The van der Waals surface area contributed by atoms with Crippen LogP contribution in [0.2, 0.25) is 5.28 Å². The molecular formula is C15H9ClN4S. The van der Waals surface area contributed by atoms with Crippen LogP contribution in [0.3, 0.4) is 0 Å². The number of rotatable bonds is 2. The number of thioether (sulfide) groups is 1. The van der Waals surface area contributed by atoms with E-state index >= 15 is 0 Å². The predicted molar refractivity (Wildman–Crippen MR) is 85.2 cm³/mol. The number of halogens is 1. The monoisotopic (exact) mass is 312 g/mol. The molecule has 0 unspecified atom stereocenters. The Morgan fingerprint density at radius 1 is 1.24 bits per heavy atom. The average molecular weight is 313 g/mol. The van der Waals surface area contributed by atoms with Crippen LogP contribution < -0.4 is 4.90 Å². The summed E-state index contributed by atoms with van der Waals surface area (Å²) in [7, 11) is 0. The van der Waals surface area contributed by atoms with Gasteiger partial charge in [0.05, 0.1) is 16.8 Å². The third-order valence-electron chi connectivity index (χ3n) is 2.85. The van der Waals surface area contributed by atoms with Gasteiger partial charge >= 0.3 is 0 Å². The number of benzene rings is 1. The summed E-state index contributed by atoms with van der Waals surface area (Å²) in [4.78, 5) is 10.0. The Morgan fingerprint density at radius 2 is 2.05 bits per heavy atom. The zero-order valence-corrected chi connectivity index (χ0v) is 12.3. The molecule has 102 valence electrons.